The lowest BCUT2D eigenvalue weighted by Gasteiger charge is -2.12. The Balaban J connectivity index is 1.80. The molecular formula is C19H28N2O6S. The molecule has 1 saturated heterocycles. The quantitative estimate of drug-likeness (QED) is 0.422. The third-order valence-electron chi connectivity index (χ3n) is 4.50. The van der Waals surface area contributed by atoms with Crippen LogP contribution in [0.2, 0.25) is 0 Å². The summed E-state index contributed by atoms with van der Waals surface area (Å²) in [6.45, 7) is 1.34. The molecule has 0 spiro atoms. The first kappa shape index (κ1) is 22.3. The molecular weight excluding hydrogens is 384 g/mol. The zero-order valence-electron chi connectivity index (χ0n) is 16.1. The van der Waals surface area contributed by atoms with Gasteiger partial charge in [0.25, 0.3) is 5.91 Å². The van der Waals surface area contributed by atoms with Crippen LogP contribution in [-0.2, 0) is 24.3 Å². The van der Waals surface area contributed by atoms with Crippen molar-refractivity contribution in [2.45, 2.75) is 49.5 Å². The molecule has 8 nitrogen and oxygen atoms in total. The third-order valence-corrected chi connectivity index (χ3v) is 5.92. The molecule has 1 aromatic rings. The molecule has 0 radical (unpaired) electrons. The first-order valence-electron chi connectivity index (χ1n) is 9.49. The number of carbonyl (C=O) groups excluding carboxylic acids is 2. The second-order valence-corrected chi connectivity index (χ2v) is 8.42. The Kier molecular flexibility index (Phi) is 8.88. The van der Waals surface area contributed by atoms with E-state index in [1.165, 1.54) is 19.2 Å². The van der Waals surface area contributed by atoms with E-state index in [2.05, 4.69) is 14.8 Å². The molecule has 0 saturated carbocycles. The maximum absolute atomic E-state index is 12.4. The number of esters is 1. The van der Waals surface area contributed by atoms with Crippen LogP contribution >= 0.6 is 0 Å². The zero-order valence-corrected chi connectivity index (χ0v) is 16.9. The van der Waals surface area contributed by atoms with Crippen molar-refractivity contribution in [2.75, 3.05) is 26.8 Å². The van der Waals surface area contributed by atoms with Gasteiger partial charge in [-0.25, -0.2) is 13.1 Å². The van der Waals surface area contributed by atoms with Crippen LogP contribution in [0.15, 0.2) is 29.2 Å². The maximum Gasteiger partial charge on any atom is 0.305 e. The summed E-state index contributed by atoms with van der Waals surface area (Å²) in [6, 6.07) is 5.95. The van der Waals surface area contributed by atoms with Crippen molar-refractivity contribution >= 4 is 21.9 Å². The summed E-state index contributed by atoms with van der Waals surface area (Å²) in [5.41, 5.74) is 0.287. The number of sulfonamides is 1. The van der Waals surface area contributed by atoms with E-state index in [0.29, 0.717) is 26.0 Å². The molecule has 1 unspecified atom stereocenters. The molecule has 156 valence electrons. The van der Waals surface area contributed by atoms with E-state index >= 15 is 0 Å². The van der Waals surface area contributed by atoms with Crippen molar-refractivity contribution in [3.05, 3.63) is 29.8 Å². The van der Waals surface area contributed by atoms with Crippen molar-refractivity contribution in [3.63, 3.8) is 0 Å². The highest BCUT2D eigenvalue weighted by Gasteiger charge is 2.21. The van der Waals surface area contributed by atoms with Gasteiger partial charge in [-0.3, -0.25) is 9.59 Å². The van der Waals surface area contributed by atoms with Gasteiger partial charge in [0.1, 0.15) is 0 Å². The standard InChI is InChI=1S/C19H28N2O6S/c1-26-18(22)10-3-2-4-11-20-19(23)15-7-5-9-17(13-15)28(24,25)21-14-16-8-6-12-27-16/h5,7,9,13,16,21H,2-4,6,8,10-12,14H2,1H3,(H,20,23). The number of methoxy groups -OCH3 is 1. The van der Waals surface area contributed by atoms with Gasteiger partial charge < -0.3 is 14.8 Å². The minimum atomic E-state index is -3.70. The fraction of sp³-hybridized carbons (Fsp3) is 0.579. The van der Waals surface area contributed by atoms with Crippen LogP contribution in [0.5, 0.6) is 0 Å². The summed E-state index contributed by atoms with van der Waals surface area (Å²) >= 11 is 0. The number of nitrogens with one attached hydrogen (secondary N) is 2. The molecule has 1 fully saturated rings. The van der Waals surface area contributed by atoms with Gasteiger partial charge >= 0.3 is 5.97 Å². The molecule has 1 amide bonds. The van der Waals surface area contributed by atoms with E-state index in [1.807, 2.05) is 0 Å². The largest absolute Gasteiger partial charge is 0.469 e. The Bertz CT molecular complexity index is 759. The molecule has 1 heterocycles. The van der Waals surface area contributed by atoms with Crippen molar-refractivity contribution in [2.24, 2.45) is 0 Å². The fourth-order valence-electron chi connectivity index (χ4n) is 2.87. The Morgan fingerprint density at radius 3 is 2.79 bits per heavy atom. The third kappa shape index (κ3) is 7.21. The SMILES string of the molecule is COC(=O)CCCCCNC(=O)c1cccc(S(=O)(=O)NCC2CCCO2)c1. The number of hydrogen-bond donors (Lipinski definition) is 2. The smallest absolute Gasteiger partial charge is 0.305 e. The van der Waals surface area contributed by atoms with Crippen molar-refractivity contribution in [3.8, 4) is 0 Å². The van der Waals surface area contributed by atoms with Crippen molar-refractivity contribution in [1.29, 1.82) is 0 Å². The van der Waals surface area contributed by atoms with E-state index in [0.717, 1.165) is 25.7 Å². The van der Waals surface area contributed by atoms with Gasteiger partial charge in [-0.1, -0.05) is 12.5 Å². The second kappa shape index (κ2) is 11.1. The normalized spacial score (nSPS) is 16.7. The van der Waals surface area contributed by atoms with E-state index in [4.69, 9.17) is 4.74 Å². The van der Waals surface area contributed by atoms with Crippen LogP contribution in [0.4, 0.5) is 0 Å². The Labute approximate surface area is 166 Å². The monoisotopic (exact) mass is 412 g/mol. The van der Waals surface area contributed by atoms with Crippen LogP contribution in [0.3, 0.4) is 0 Å². The molecule has 9 heteroatoms. The van der Waals surface area contributed by atoms with Gasteiger partial charge in [-0.15, -0.1) is 0 Å². The first-order chi connectivity index (χ1) is 13.4. The highest BCUT2D eigenvalue weighted by atomic mass is 32.2. The maximum atomic E-state index is 12.4. The van der Waals surface area contributed by atoms with Crippen LogP contribution in [0.1, 0.15) is 48.9 Å². The second-order valence-electron chi connectivity index (χ2n) is 6.66. The van der Waals surface area contributed by atoms with Gasteiger partial charge in [0, 0.05) is 31.7 Å². The van der Waals surface area contributed by atoms with E-state index in [1.54, 1.807) is 12.1 Å². The van der Waals surface area contributed by atoms with Gasteiger partial charge in [-0.2, -0.15) is 0 Å². The van der Waals surface area contributed by atoms with Gasteiger partial charge in [0.2, 0.25) is 10.0 Å². The molecule has 2 N–H and O–H groups in total. The van der Waals surface area contributed by atoms with Crippen molar-refractivity contribution in [1.82, 2.24) is 10.0 Å². The number of benzene rings is 1. The molecule has 1 aromatic carbocycles. The van der Waals surface area contributed by atoms with Gasteiger partial charge in [0.15, 0.2) is 0 Å². The minimum Gasteiger partial charge on any atom is -0.469 e. The molecule has 1 aliphatic rings. The molecule has 2 rings (SSSR count). The Morgan fingerprint density at radius 2 is 2.07 bits per heavy atom. The average molecular weight is 413 g/mol. The average Bonchev–Trinajstić information content (AvgIpc) is 3.22. The van der Waals surface area contributed by atoms with E-state index < -0.39 is 10.0 Å². The fourth-order valence-corrected chi connectivity index (χ4v) is 3.98. The lowest BCUT2D eigenvalue weighted by atomic mass is 10.2. The topological polar surface area (TPSA) is 111 Å². The number of carbonyl (C=O) groups is 2. The molecule has 1 atom stereocenters. The number of ether oxygens (including phenoxy) is 2. The number of hydrogen-bond acceptors (Lipinski definition) is 6. The number of amides is 1. The summed E-state index contributed by atoms with van der Waals surface area (Å²) in [6.07, 6.45) is 4.26. The van der Waals surface area contributed by atoms with Crippen molar-refractivity contribution < 1.29 is 27.5 Å². The summed E-state index contributed by atoms with van der Waals surface area (Å²) in [7, 11) is -2.34. The van der Waals surface area contributed by atoms with E-state index in [9.17, 15) is 18.0 Å². The molecule has 0 aromatic heterocycles. The minimum absolute atomic E-state index is 0.0521. The summed E-state index contributed by atoms with van der Waals surface area (Å²) in [4.78, 5) is 23.3. The first-order valence-corrected chi connectivity index (χ1v) is 11.0. The predicted octanol–water partition coefficient (Wildman–Crippen LogP) is 1.61. The van der Waals surface area contributed by atoms with Crippen LogP contribution in [-0.4, -0.2) is 53.2 Å². The van der Waals surface area contributed by atoms with Crippen LogP contribution in [0.25, 0.3) is 0 Å². The van der Waals surface area contributed by atoms with E-state index in [-0.39, 0.29) is 35.0 Å². The molecule has 28 heavy (non-hydrogen) atoms. The lowest BCUT2D eigenvalue weighted by molar-refractivity contribution is -0.140. The summed E-state index contributed by atoms with van der Waals surface area (Å²) < 4.78 is 37.4. The van der Waals surface area contributed by atoms with Gasteiger partial charge in [-0.05, 0) is 43.9 Å². The summed E-state index contributed by atoms with van der Waals surface area (Å²) in [5, 5.41) is 2.77. The zero-order chi connectivity index (χ0) is 20.4. The molecule has 1 aliphatic heterocycles. The summed E-state index contributed by atoms with van der Waals surface area (Å²) in [5.74, 6) is -0.570. The highest BCUT2D eigenvalue weighted by molar-refractivity contribution is 7.89. The predicted molar refractivity (Wildman–Crippen MR) is 103 cm³/mol. The van der Waals surface area contributed by atoms with Crippen LogP contribution in [0, 0.1) is 0 Å². The Hall–Kier alpha value is -1.97. The number of rotatable bonds is 11. The number of unbranched alkanes of at least 4 members (excludes halogenated alkanes) is 2. The molecule has 0 aliphatic carbocycles. The lowest BCUT2D eigenvalue weighted by Crippen LogP contribution is -2.32. The van der Waals surface area contributed by atoms with Gasteiger partial charge in [0.05, 0.1) is 18.1 Å². The molecule has 0 bridgehead atoms. The Morgan fingerprint density at radius 1 is 1.25 bits per heavy atom. The van der Waals surface area contributed by atoms with Crippen LogP contribution < -0.4 is 10.0 Å². The highest BCUT2D eigenvalue weighted by Crippen LogP contribution is 2.14.